The number of nitrogens with one attached hydrogen (secondary N) is 1. The van der Waals surface area contributed by atoms with Crippen LogP contribution in [0.3, 0.4) is 0 Å². The smallest absolute Gasteiger partial charge is 0.349 e. The number of hydrogen-bond acceptors (Lipinski definition) is 5. The summed E-state index contributed by atoms with van der Waals surface area (Å²) in [6.07, 6.45) is 0. The second-order valence-electron chi connectivity index (χ2n) is 6.44. The van der Waals surface area contributed by atoms with Crippen LogP contribution < -0.4 is 10.9 Å². The molecule has 0 fully saturated rings. The van der Waals surface area contributed by atoms with E-state index < -0.39 is 11.5 Å². The van der Waals surface area contributed by atoms with Gasteiger partial charge in [0.05, 0.1) is 5.69 Å². The average Bonchev–Trinajstić information content (AvgIpc) is 3.11. The van der Waals surface area contributed by atoms with E-state index in [1.165, 1.54) is 17.4 Å². The van der Waals surface area contributed by atoms with E-state index in [1.807, 2.05) is 31.4 Å². The highest BCUT2D eigenvalue weighted by molar-refractivity contribution is 9.10. The number of carbonyl (C=O) groups is 1. The molecule has 4 aromatic rings. The van der Waals surface area contributed by atoms with Gasteiger partial charge in [-0.25, -0.2) is 9.78 Å². The molecule has 4 rings (SSSR count). The number of amides is 1. The van der Waals surface area contributed by atoms with Crippen molar-refractivity contribution in [3.05, 3.63) is 79.4 Å². The maximum Gasteiger partial charge on any atom is 0.349 e. The van der Waals surface area contributed by atoms with Crippen LogP contribution in [0.15, 0.2) is 61.5 Å². The molecule has 28 heavy (non-hydrogen) atoms. The van der Waals surface area contributed by atoms with E-state index in [2.05, 4.69) is 32.3 Å². The molecule has 1 amide bonds. The standard InChI is InChI=1S/C21H15BrN2O3S/c1-11-3-4-12(2)15(7-11)17-10-28-21(23-17)24-19(25)16-9-13-8-14(22)5-6-18(13)27-20(16)26/h3-10H,1-2H3,(H,23,24,25). The molecule has 2 aromatic heterocycles. The van der Waals surface area contributed by atoms with Crippen LogP contribution in [-0.2, 0) is 0 Å². The molecular weight excluding hydrogens is 440 g/mol. The number of aromatic nitrogens is 1. The number of anilines is 1. The Kier molecular flexibility index (Phi) is 4.87. The van der Waals surface area contributed by atoms with Gasteiger partial charge in [0.2, 0.25) is 0 Å². The third-order valence-corrected chi connectivity index (χ3v) is 5.58. The molecule has 0 unspecified atom stereocenters. The van der Waals surface area contributed by atoms with Crippen molar-refractivity contribution in [2.45, 2.75) is 13.8 Å². The zero-order valence-electron chi connectivity index (χ0n) is 15.1. The van der Waals surface area contributed by atoms with Crippen LogP contribution in [0.2, 0.25) is 0 Å². The molecule has 0 aliphatic rings. The molecule has 0 spiro atoms. The fourth-order valence-electron chi connectivity index (χ4n) is 2.88. The van der Waals surface area contributed by atoms with Gasteiger partial charge >= 0.3 is 5.63 Å². The van der Waals surface area contributed by atoms with E-state index in [0.717, 1.165) is 26.9 Å². The molecule has 1 N–H and O–H groups in total. The van der Waals surface area contributed by atoms with Gasteiger partial charge in [-0.05, 0) is 49.7 Å². The average molecular weight is 455 g/mol. The van der Waals surface area contributed by atoms with Gasteiger partial charge in [-0.2, -0.15) is 0 Å². The van der Waals surface area contributed by atoms with Crippen LogP contribution in [-0.4, -0.2) is 10.9 Å². The predicted molar refractivity (Wildman–Crippen MR) is 115 cm³/mol. The lowest BCUT2D eigenvalue weighted by molar-refractivity contribution is 0.102. The number of rotatable bonds is 3. The van der Waals surface area contributed by atoms with Crippen LogP contribution in [0.25, 0.3) is 22.2 Å². The first kappa shape index (κ1) is 18.6. The van der Waals surface area contributed by atoms with Crippen molar-refractivity contribution in [2.75, 3.05) is 5.32 Å². The number of benzene rings is 2. The van der Waals surface area contributed by atoms with E-state index in [-0.39, 0.29) is 5.56 Å². The minimum Gasteiger partial charge on any atom is -0.422 e. The second-order valence-corrected chi connectivity index (χ2v) is 8.21. The Bertz CT molecular complexity index is 1280. The fraction of sp³-hybridized carbons (Fsp3) is 0.0952. The summed E-state index contributed by atoms with van der Waals surface area (Å²) in [6, 6.07) is 12.9. The normalized spacial score (nSPS) is 11.0. The number of hydrogen-bond donors (Lipinski definition) is 1. The van der Waals surface area contributed by atoms with Crippen molar-refractivity contribution in [3.63, 3.8) is 0 Å². The van der Waals surface area contributed by atoms with Crippen molar-refractivity contribution < 1.29 is 9.21 Å². The van der Waals surface area contributed by atoms with Crippen LogP contribution in [0.4, 0.5) is 5.13 Å². The van der Waals surface area contributed by atoms with Gasteiger partial charge < -0.3 is 4.42 Å². The Morgan fingerprint density at radius 1 is 1.14 bits per heavy atom. The maximum absolute atomic E-state index is 12.6. The predicted octanol–water partition coefficient (Wildman–Crippen LogP) is 5.55. The molecule has 2 heterocycles. The maximum atomic E-state index is 12.6. The monoisotopic (exact) mass is 454 g/mol. The zero-order valence-corrected chi connectivity index (χ0v) is 17.5. The van der Waals surface area contributed by atoms with Crippen LogP contribution in [0, 0.1) is 13.8 Å². The second kappa shape index (κ2) is 7.33. The van der Waals surface area contributed by atoms with Crippen molar-refractivity contribution in [1.82, 2.24) is 4.98 Å². The molecule has 0 bridgehead atoms. The summed E-state index contributed by atoms with van der Waals surface area (Å²) in [5.74, 6) is -0.544. The van der Waals surface area contributed by atoms with Gasteiger partial charge in [0, 0.05) is 20.8 Å². The van der Waals surface area contributed by atoms with Gasteiger partial charge in [0.25, 0.3) is 5.91 Å². The first-order valence-corrected chi connectivity index (χ1v) is 10.2. The Hall–Kier alpha value is -2.77. The first-order valence-electron chi connectivity index (χ1n) is 8.48. The van der Waals surface area contributed by atoms with E-state index in [0.29, 0.717) is 16.1 Å². The van der Waals surface area contributed by atoms with Crippen molar-refractivity contribution in [2.24, 2.45) is 0 Å². The Balaban J connectivity index is 1.63. The summed E-state index contributed by atoms with van der Waals surface area (Å²) in [6.45, 7) is 4.04. The minimum atomic E-state index is -0.682. The number of thiazole rings is 1. The minimum absolute atomic E-state index is 0.0610. The highest BCUT2D eigenvalue weighted by Gasteiger charge is 2.16. The quantitative estimate of drug-likeness (QED) is 0.412. The molecule has 140 valence electrons. The SMILES string of the molecule is Cc1ccc(C)c(-c2csc(NC(=O)c3cc4cc(Br)ccc4oc3=O)n2)c1. The topological polar surface area (TPSA) is 72.2 Å². The lowest BCUT2D eigenvalue weighted by Gasteiger charge is -2.04. The van der Waals surface area contributed by atoms with Gasteiger partial charge in [0.1, 0.15) is 11.1 Å². The van der Waals surface area contributed by atoms with Gasteiger partial charge in [-0.1, -0.05) is 33.6 Å². The van der Waals surface area contributed by atoms with E-state index in [9.17, 15) is 9.59 Å². The fourth-order valence-corrected chi connectivity index (χ4v) is 3.97. The van der Waals surface area contributed by atoms with Gasteiger partial charge in [-0.15, -0.1) is 11.3 Å². The lowest BCUT2D eigenvalue weighted by Crippen LogP contribution is -2.20. The van der Waals surface area contributed by atoms with E-state index in [1.54, 1.807) is 18.2 Å². The van der Waals surface area contributed by atoms with E-state index in [4.69, 9.17) is 4.42 Å². The molecule has 2 aromatic carbocycles. The third kappa shape index (κ3) is 3.63. The number of carbonyl (C=O) groups excluding carboxylic acids is 1. The van der Waals surface area contributed by atoms with Gasteiger partial charge in [-0.3, -0.25) is 10.1 Å². The third-order valence-electron chi connectivity index (χ3n) is 4.33. The highest BCUT2D eigenvalue weighted by Crippen LogP contribution is 2.28. The molecule has 0 atom stereocenters. The van der Waals surface area contributed by atoms with Crippen LogP contribution in [0.1, 0.15) is 21.5 Å². The Morgan fingerprint density at radius 2 is 1.96 bits per heavy atom. The number of aryl methyl sites for hydroxylation is 2. The summed E-state index contributed by atoms with van der Waals surface area (Å²) < 4.78 is 6.09. The highest BCUT2D eigenvalue weighted by atomic mass is 79.9. The molecule has 0 saturated heterocycles. The summed E-state index contributed by atoms with van der Waals surface area (Å²) in [5, 5.41) is 5.67. The van der Waals surface area contributed by atoms with Crippen molar-refractivity contribution in [3.8, 4) is 11.3 Å². The Labute approximate surface area is 173 Å². The summed E-state index contributed by atoms with van der Waals surface area (Å²) in [5.41, 5.74) is 3.74. The molecule has 7 heteroatoms. The lowest BCUT2D eigenvalue weighted by atomic mass is 10.0. The Morgan fingerprint density at radius 3 is 2.79 bits per heavy atom. The summed E-state index contributed by atoms with van der Waals surface area (Å²) in [4.78, 5) is 29.3. The van der Waals surface area contributed by atoms with Crippen LogP contribution in [0.5, 0.6) is 0 Å². The molecule has 0 aliphatic carbocycles. The van der Waals surface area contributed by atoms with E-state index >= 15 is 0 Å². The zero-order chi connectivity index (χ0) is 19.8. The molecule has 0 saturated carbocycles. The first-order chi connectivity index (χ1) is 13.4. The van der Waals surface area contributed by atoms with Gasteiger partial charge in [0.15, 0.2) is 5.13 Å². The summed E-state index contributed by atoms with van der Waals surface area (Å²) in [7, 11) is 0. The van der Waals surface area contributed by atoms with Crippen LogP contribution >= 0.6 is 27.3 Å². The number of fused-ring (bicyclic) bond motifs is 1. The number of halogens is 1. The van der Waals surface area contributed by atoms with Crippen molar-refractivity contribution >= 4 is 49.3 Å². The molecule has 0 aliphatic heterocycles. The molecule has 0 radical (unpaired) electrons. The largest absolute Gasteiger partial charge is 0.422 e. The number of nitrogens with zero attached hydrogens (tertiary/aromatic N) is 1. The molecular formula is C21H15BrN2O3S. The summed E-state index contributed by atoms with van der Waals surface area (Å²) >= 11 is 4.68. The van der Waals surface area contributed by atoms with Crippen molar-refractivity contribution in [1.29, 1.82) is 0 Å². The molecule has 5 nitrogen and oxygen atoms in total.